The number of anilines is 1. The van der Waals surface area contributed by atoms with E-state index in [4.69, 9.17) is 16.3 Å². The lowest BCUT2D eigenvalue weighted by atomic mass is 10.0. The van der Waals surface area contributed by atoms with Gasteiger partial charge in [0.2, 0.25) is 0 Å². The summed E-state index contributed by atoms with van der Waals surface area (Å²) in [6, 6.07) is 0. The summed E-state index contributed by atoms with van der Waals surface area (Å²) >= 11 is 5.87. The van der Waals surface area contributed by atoms with Gasteiger partial charge in [-0.2, -0.15) is 0 Å². The maximum Gasteiger partial charge on any atom is 0.137 e. The Morgan fingerprint density at radius 3 is 2.88 bits per heavy atom. The van der Waals surface area contributed by atoms with Crippen LogP contribution < -0.4 is 5.32 Å². The second-order valence-electron chi connectivity index (χ2n) is 4.23. The van der Waals surface area contributed by atoms with Crippen molar-refractivity contribution in [1.29, 1.82) is 0 Å². The average Bonchev–Trinajstić information content (AvgIpc) is 2.29. The average molecular weight is 260 g/mol. The quantitative estimate of drug-likeness (QED) is 0.761. The molecule has 96 valence electrons. The van der Waals surface area contributed by atoms with Crippen LogP contribution in [0.4, 0.5) is 5.82 Å². The standard InChI is InChI=1S/C11H18ClN3O2/c1-8-9(12)14-7-15-10(8)13-6-11(2,16)4-5-17-3/h7,16H,4-6H2,1-3H3,(H,13,14,15). The van der Waals surface area contributed by atoms with E-state index in [2.05, 4.69) is 15.3 Å². The first-order valence-corrected chi connectivity index (χ1v) is 5.76. The molecule has 0 aliphatic rings. The Bertz CT molecular complexity index is 372. The Hall–Kier alpha value is -0.910. The number of aromatic nitrogens is 2. The predicted octanol–water partition coefficient (Wildman–Crippen LogP) is 1.64. The van der Waals surface area contributed by atoms with Gasteiger partial charge in [-0.3, -0.25) is 0 Å². The van der Waals surface area contributed by atoms with Gasteiger partial charge in [0, 0.05) is 32.2 Å². The van der Waals surface area contributed by atoms with Crippen LogP contribution in [-0.2, 0) is 4.74 Å². The van der Waals surface area contributed by atoms with Crippen molar-refractivity contribution in [1.82, 2.24) is 9.97 Å². The molecule has 17 heavy (non-hydrogen) atoms. The van der Waals surface area contributed by atoms with Crippen molar-refractivity contribution in [2.24, 2.45) is 0 Å². The molecule has 0 bridgehead atoms. The molecular formula is C11H18ClN3O2. The fraction of sp³-hybridized carbons (Fsp3) is 0.636. The van der Waals surface area contributed by atoms with Crippen molar-refractivity contribution in [2.75, 3.05) is 25.6 Å². The molecule has 0 saturated carbocycles. The molecule has 1 heterocycles. The molecule has 1 rings (SSSR count). The molecule has 0 amide bonds. The van der Waals surface area contributed by atoms with Crippen LogP contribution in [0.2, 0.25) is 5.15 Å². The van der Waals surface area contributed by atoms with Gasteiger partial charge in [-0.15, -0.1) is 0 Å². The zero-order valence-corrected chi connectivity index (χ0v) is 11.1. The highest BCUT2D eigenvalue weighted by molar-refractivity contribution is 6.30. The highest BCUT2D eigenvalue weighted by Crippen LogP contribution is 2.19. The Morgan fingerprint density at radius 2 is 2.24 bits per heavy atom. The van der Waals surface area contributed by atoms with Gasteiger partial charge in [0.15, 0.2) is 0 Å². The number of halogens is 1. The third kappa shape index (κ3) is 4.46. The Balaban J connectivity index is 2.58. The molecule has 0 radical (unpaired) electrons. The lowest BCUT2D eigenvalue weighted by molar-refractivity contribution is 0.0357. The van der Waals surface area contributed by atoms with Gasteiger partial charge in [-0.25, -0.2) is 9.97 Å². The zero-order chi connectivity index (χ0) is 12.9. The summed E-state index contributed by atoms with van der Waals surface area (Å²) in [5.74, 6) is 0.641. The monoisotopic (exact) mass is 259 g/mol. The van der Waals surface area contributed by atoms with E-state index in [1.807, 2.05) is 6.92 Å². The number of rotatable bonds is 6. The van der Waals surface area contributed by atoms with Crippen LogP contribution in [0.15, 0.2) is 6.33 Å². The Kier molecular flexibility index (Phi) is 5.11. The van der Waals surface area contributed by atoms with Crippen LogP contribution in [0.1, 0.15) is 18.9 Å². The fourth-order valence-corrected chi connectivity index (χ4v) is 1.42. The minimum absolute atomic E-state index is 0.380. The van der Waals surface area contributed by atoms with E-state index in [0.29, 0.717) is 30.5 Å². The summed E-state index contributed by atoms with van der Waals surface area (Å²) < 4.78 is 4.94. The summed E-state index contributed by atoms with van der Waals surface area (Å²) in [5, 5.41) is 13.5. The van der Waals surface area contributed by atoms with Crippen LogP contribution in [0.5, 0.6) is 0 Å². The number of ether oxygens (including phenoxy) is 1. The lowest BCUT2D eigenvalue weighted by Crippen LogP contribution is -2.35. The summed E-state index contributed by atoms with van der Waals surface area (Å²) in [7, 11) is 1.61. The van der Waals surface area contributed by atoms with E-state index in [1.165, 1.54) is 6.33 Å². The van der Waals surface area contributed by atoms with E-state index < -0.39 is 5.60 Å². The molecule has 2 N–H and O–H groups in total. The topological polar surface area (TPSA) is 67.3 Å². The van der Waals surface area contributed by atoms with Gasteiger partial charge in [0.05, 0.1) is 5.60 Å². The first-order chi connectivity index (χ1) is 7.96. The highest BCUT2D eigenvalue weighted by atomic mass is 35.5. The van der Waals surface area contributed by atoms with Gasteiger partial charge >= 0.3 is 0 Å². The molecule has 0 aliphatic carbocycles. The number of nitrogens with one attached hydrogen (secondary N) is 1. The summed E-state index contributed by atoms with van der Waals surface area (Å²) in [4.78, 5) is 7.94. The molecule has 0 aromatic carbocycles. The number of aliphatic hydroxyl groups is 1. The maximum atomic E-state index is 10.0. The van der Waals surface area contributed by atoms with Crippen molar-refractivity contribution in [3.05, 3.63) is 17.0 Å². The minimum atomic E-state index is -0.847. The fourth-order valence-electron chi connectivity index (χ4n) is 1.29. The minimum Gasteiger partial charge on any atom is -0.388 e. The lowest BCUT2D eigenvalue weighted by Gasteiger charge is -2.23. The van der Waals surface area contributed by atoms with E-state index in [0.717, 1.165) is 5.56 Å². The molecule has 5 nitrogen and oxygen atoms in total. The summed E-state index contributed by atoms with van der Waals surface area (Å²) in [5.41, 5.74) is -0.0726. The van der Waals surface area contributed by atoms with Crippen LogP contribution in [0.25, 0.3) is 0 Å². The predicted molar refractivity (Wildman–Crippen MR) is 67.4 cm³/mol. The van der Waals surface area contributed by atoms with Crippen LogP contribution in [0.3, 0.4) is 0 Å². The number of hydrogen-bond donors (Lipinski definition) is 2. The molecule has 0 spiro atoms. The number of nitrogens with zero attached hydrogens (tertiary/aromatic N) is 2. The van der Waals surface area contributed by atoms with Crippen LogP contribution in [-0.4, -0.2) is 40.9 Å². The molecule has 0 saturated heterocycles. The molecule has 1 unspecified atom stereocenters. The molecule has 1 aromatic heterocycles. The van der Waals surface area contributed by atoms with Crippen molar-refractivity contribution >= 4 is 17.4 Å². The number of methoxy groups -OCH3 is 1. The van der Waals surface area contributed by atoms with Gasteiger partial charge in [-0.05, 0) is 13.8 Å². The molecule has 1 atom stereocenters. The second kappa shape index (κ2) is 6.14. The highest BCUT2D eigenvalue weighted by Gasteiger charge is 2.20. The van der Waals surface area contributed by atoms with Gasteiger partial charge in [0.1, 0.15) is 17.3 Å². The second-order valence-corrected chi connectivity index (χ2v) is 4.59. The van der Waals surface area contributed by atoms with E-state index in [9.17, 15) is 5.11 Å². The maximum absolute atomic E-state index is 10.0. The summed E-state index contributed by atoms with van der Waals surface area (Å²) in [6.07, 6.45) is 1.94. The van der Waals surface area contributed by atoms with Crippen LogP contribution >= 0.6 is 11.6 Å². The summed E-state index contributed by atoms with van der Waals surface area (Å²) in [6.45, 7) is 4.47. The molecule has 6 heteroatoms. The Morgan fingerprint density at radius 1 is 1.53 bits per heavy atom. The zero-order valence-electron chi connectivity index (χ0n) is 10.3. The normalized spacial score (nSPS) is 14.4. The largest absolute Gasteiger partial charge is 0.388 e. The first kappa shape index (κ1) is 14.2. The third-order valence-electron chi connectivity index (χ3n) is 2.50. The van der Waals surface area contributed by atoms with Crippen LogP contribution in [0, 0.1) is 6.92 Å². The molecule has 1 aromatic rings. The van der Waals surface area contributed by atoms with Crippen molar-refractivity contribution in [3.8, 4) is 0 Å². The van der Waals surface area contributed by atoms with Gasteiger partial charge < -0.3 is 15.2 Å². The van der Waals surface area contributed by atoms with Gasteiger partial charge in [0.25, 0.3) is 0 Å². The van der Waals surface area contributed by atoms with Gasteiger partial charge in [-0.1, -0.05) is 11.6 Å². The van der Waals surface area contributed by atoms with Crippen molar-refractivity contribution in [2.45, 2.75) is 25.9 Å². The van der Waals surface area contributed by atoms with E-state index in [1.54, 1.807) is 14.0 Å². The first-order valence-electron chi connectivity index (χ1n) is 5.38. The smallest absolute Gasteiger partial charge is 0.137 e. The Labute approximate surface area is 106 Å². The molecular weight excluding hydrogens is 242 g/mol. The van der Waals surface area contributed by atoms with E-state index in [-0.39, 0.29) is 0 Å². The molecule has 0 aliphatic heterocycles. The third-order valence-corrected chi connectivity index (χ3v) is 2.89. The van der Waals surface area contributed by atoms with Crippen molar-refractivity contribution in [3.63, 3.8) is 0 Å². The van der Waals surface area contributed by atoms with E-state index >= 15 is 0 Å². The molecule has 0 fully saturated rings. The van der Waals surface area contributed by atoms with Crippen molar-refractivity contribution < 1.29 is 9.84 Å². The number of hydrogen-bond acceptors (Lipinski definition) is 5. The SMILES string of the molecule is COCCC(C)(O)CNc1ncnc(Cl)c1C.